The molecule has 0 unspecified atom stereocenters. The smallest absolute Gasteiger partial charge is 0.409 e. The highest BCUT2D eigenvalue weighted by atomic mass is 16.6. The van der Waals surface area contributed by atoms with Crippen molar-refractivity contribution in [3.8, 4) is 0 Å². The van der Waals surface area contributed by atoms with Crippen molar-refractivity contribution >= 4 is 12.4 Å². The Morgan fingerprint density at radius 3 is 2.59 bits per heavy atom. The lowest BCUT2D eigenvalue weighted by Crippen LogP contribution is -2.49. The second kappa shape index (κ2) is 8.06. The van der Waals surface area contributed by atoms with Crippen LogP contribution in [0.1, 0.15) is 26.2 Å². The van der Waals surface area contributed by atoms with Crippen molar-refractivity contribution in [1.29, 1.82) is 0 Å². The molecule has 1 fully saturated rings. The number of rotatable bonds is 6. The van der Waals surface area contributed by atoms with Crippen LogP contribution in [0.2, 0.25) is 0 Å². The van der Waals surface area contributed by atoms with Gasteiger partial charge in [-0.1, -0.05) is 13.3 Å². The van der Waals surface area contributed by atoms with Gasteiger partial charge in [-0.2, -0.15) is 0 Å². The van der Waals surface area contributed by atoms with Crippen LogP contribution in [0, 0.1) is 0 Å². The van der Waals surface area contributed by atoms with E-state index in [0.29, 0.717) is 26.1 Å². The molecule has 0 aromatic carbocycles. The highest BCUT2D eigenvalue weighted by molar-refractivity contribution is 5.67. The molecule has 0 radical (unpaired) electrons. The lowest BCUT2D eigenvalue weighted by atomic mass is 10.3. The second-order valence-electron chi connectivity index (χ2n) is 4.25. The summed E-state index contributed by atoms with van der Waals surface area (Å²) in [4.78, 5) is 25.8. The van der Waals surface area contributed by atoms with Crippen molar-refractivity contribution in [3.05, 3.63) is 0 Å². The first-order valence-electron chi connectivity index (χ1n) is 6.35. The minimum atomic E-state index is -0.200. The molecule has 1 amide bonds. The minimum absolute atomic E-state index is 0.200. The first kappa shape index (κ1) is 14.0. The van der Waals surface area contributed by atoms with Gasteiger partial charge in [-0.25, -0.2) is 4.79 Å². The van der Waals surface area contributed by atoms with E-state index in [-0.39, 0.29) is 6.09 Å². The molecule has 98 valence electrons. The normalized spacial score (nSPS) is 16.9. The molecule has 1 saturated heterocycles. The van der Waals surface area contributed by atoms with E-state index in [1.165, 1.54) is 0 Å². The fourth-order valence-electron chi connectivity index (χ4n) is 1.78. The monoisotopic (exact) mass is 242 g/mol. The zero-order valence-electron chi connectivity index (χ0n) is 10.6. The molecule has 0 aromatic heterocycles. The molecule has 0 atom stereocenters. The summed E-state index contributed by atoms with van der Waals surface area (Å²) in [6.45, 7) is 6.43. The highest BCUT2D eigenvalue weighted by Gasteiger charge is 2.21. The van der Waals surface area contributed by atoms with E-state index in [9.17, 15) is 9.59 Å². The number of hydrogen-bond donors (Lipinski definition) is 0. The van der Waals surface area contributed by atoms with Crippen molar-refractivity contribution < 1.29 is 14.3 Å². The standard InChI is InChI=1S/C12H22N2O3/c1-2-3-11-17-12(16)14-8-6-13(7-9-14)5-4-10-15/h10H,2-9,11H2,1H3. The average Bonchev–Trinajstić information content (AvgIpc) is 2.37. The molecular formula is C12H22N2O3. The van der Waals surface area contributed by atoms with E-state index in [2.05, 4.69) is 11.8 Å². The molecule has 5 heteroatoms. The van der Waals surface area contributed by atoms with Crippen LogP contribution in [-0.4, -0.2) is 61.5 Å². The van der Waals surface area contributed by atoms with Gasteiger partial charge in [0.2, 0.25) is 0 Å². The molecule has 1 heterocycles. The van der Waals surface area contributed by atoms with Gasteiger partial charge in [0.15, 0.2) is 0 Å². The maximum Gasteiger partial charge on any atom is 0.409 e. The lowest BCUT2D eigenvalue weighted by molar-refractivity contribution is -0.108. The maximum absolute atomic E-state index is 11.6. The summed E-state index contributed by atoms with van der Waals surface area (Å²) in [6, 6.07) is 0. The first-order chi connectivity index (χ1) is 8.27. The van der Waals surface area contributed by atoms with Gasteiger partial charge >= 0.3 is 6.09 Å². The minimum Gasteiger partial charge on any atom is -0.449 e. The molecule has 1 aliphatic heterocycles. The summed E-state index contributed by atoms with van der Waals surface area (Å²) in [7, 11) is 0. The molecule has 5 nitrogen and oxygen atoms in total. The third-order valence-electron chi connectivity index (χ3n) is 2.92. The molecule has 0 spiro atoms. The van der Waals surface area contributed by atoms with Gasteiger partial charge in [0, 0.05) is 39.1 Å². The van der Waals surface area contributed by atoms with Gasteiger partial charge in [-0.15, -0.1) is 0 Å². The van der Waals surface area contributed by atoms with Crippen LogP contribution in [-0.2, 0) is 9.53 Å². The van der Waals surface area contributed by atoms with Gasteiger partial charge < -0.3 is 14.4 Å². The Morgan fingerprint density at radius 2 is 2.00 bits per heavy atom. The largest absolute Gasteiger partial charge is 0.449 e. The number of amides is 1. The van der Waals surface area contributed by atoms with E-state index in [4.69, 9.17) is 4.74 Å². The molecule has 0 aliphatic carbocycles. The summed E-state index contributed by atoms with van der Waals surface area (Å²) < 4.78 is 5.15. The van der Waals surface area contributed by atoms with Crippen LogP contribution in [0.15, 0.2) is 0 Å². The maximum atomic E-state index is 11.6. The van der Waals surface area contributed by atoms with Crippen molar-refractivity contribution in [2.24, 2.45) is 0 Å². The molecule has 0 bridgehead atoms. The topological polar surface area (TPSA) is 49.9 Å². The van der Waals surface area contributed by atoms with Crippen molar-refractivity contribution in [3.63, 3.8) is 0 Å². The SMILES string of the molecule is CCCCOC(=O)N1CCN(CCC=O)CC1. The Balaban J connectivity index is 2.17. The Hall–Kier alpha value is -1.10. The molecule has 0 N–H and O–H groups in total. The Kier molecular flexibility index (Phi) is 6.62. The van der Waals surface area contributed by atoms with Crippen LogP contribution < -0.4 is 0 Å². The van der Waals surface area contributed by atoms with Gasteiger partial charge in [0.25, 0.3) is 0 Å². The van der Waals surface area contributed by atoms with E-state index in [1.54, 1.807) is 4.90 Å². The lowest BCUT2D eigenvalue weighted by Gasteiger charge is -2.33. The number of piperazine rings is 1. The summed E-state index contributed by atoms with van der Waals surface area (Å²) in [5.41, 5.74) is 0. The quantitative estimate of drug-likeness (QED) is 0.517. The Bertz CT molecular complexity index is 238. The van der Waals surface area contributed by atoms with Crippen LogP contribution in [0.3, 0.4) is 0 Å². The van der Waals surface area contributed by atoms with Crippen LogP contribution in [0.25, 0.3) is 0 Å². The van der Waals surface area contributed by atoms with Crippen LogP contribution >= 0.6 is 0 Å². The van der Waals surface area contributed by atoms with Gasteiger partial charge in [0.1, 0.15) is 6.29 Å². The summed E-state index contributed by atoms with van der Waals surface area (Å²) in [5.74, 6) is 0. The fraction of sp³-hybridized carbons (Fsp3) is 0.833. The number of aldehydes is 1. The summed E-state index contributed by atoms with van der Waals surface area (Å²) in [5, 5.41) is 0. The first-order valence-corrected chi connectivity index (χ1v) is 6.35. The zero-order chi connectivity index (χ0) is 12.5. The van der Waals surface area contributed by atoms with E-state index in [0.717, 1.165) is 38.8 Å². The van der Waals surface area contributed by atoms with Crippen LogP contribution in [0.5, 0.6) is 0 Å². The number of hydrogen-bond acceptors (Lipinski definition) is 4. The van der Waals surface area contributed by atoms with Gasteiger partial charge in [-0.05, 0) is 6.42 Å². The van der Waals surface area contributed by atoms with E-state index < -0.39 is 0 Å². The molecule has 0 aromatic rings. The third kappa shape index (κ3) is 5.17. The summed E-state index contributed by atoms with van der Waals surface area (Å²) in [6.07, 6.45) is 3.26. The molecular weight excluding hydrogens is 220 g/mol. The predicted octanol–water partition coefficient (Wildman–Crippen LogP) is 1.13. The van der Waals surface area contributed by atoms with E-state index in [1.807, 2.05) is 0 Å². The Labute approximate surface area is 103 Å². The average molecular weight is 242 g/mol. The molecule has 1 rings (SSSR count). The zero-order valence-corrected chi connectivity index (χ0v) is 10.6. The second-order valence-corrected chi connectivity index (χ2v) is 4.25. The van der Waals surface area contributed by atoms with Crippen molar-refractivity contribution in [1.82, 2.24) is 9.80 Å². The molecule has 1 aliphatic rings. The fourth-order valence-corrected chi connectivity index (χ4v) is 1.78. The number of nitrogens with zero attached hydrogens (tertiary/aromatic N) is 2. The van der Waals surface area contributed by atoms with Crippen molar-refractivity contribution in [2.45, 2.75) is 26.2 Å². The van der Waals surface area contributed by atoms with Gasteiger partial charge in [-0.3, -0.25) is 4.90 Å². The van der Waals surface area contributed by atoms with E-state index >= 15 is 0 Å². The number of carbonyl (C=O) groups is 2. The molecule has 17 heavy (non-hydrogen) atoms. The number of unbranched alkanes of at least 4 members (excludes halogenated alkanes) is 1. The van der Waals surface area contributed by atoms with Gasteiger partial charge in [0.05, 0.1) is 6.61 Å². The van der Waals surface area contributed by atoms with Crippen molar-refractivity contribution in [2.75, 3.05) is 39.3 Å². The highest BCUT2D eigenvalue weighted by Crippen LogP contribution is 2.04. The number of ether oxygens (including phenoxy) is 1. The molecule has 0 saturated carbocycles. The predicted molar refractivity (Wildman–Crippen MR) is 65.0 cm³/mol. The van der Waals surface area contributed by atoms with Crippen LogP contribution in [0.4, 0.5) is 4.79 Å². The third-order valence-corrected chi connectivity index (χ3v) is 2.92. The number of carbonyl (C=O) groups excluding carboxylic acids is 2. The summed E-state index contributed by atoms with van der Waals surface area (Å²) >= 11 is 0. The Morgan fingerprint density at radius 1 is 1.29 bits per heavy atom.